The van der Waals surface area contributed by atoms with Crippen molar-refractivity contribution >= 4 is 12.0 Å². The molecule has 0 aliphatic heterocycles. The summed E-state index contributed by atoms with van der Waals surface area (Å²) in [5, 5.41) is 0. The van der Waals surface area contributed by atoms with E-state index in [4.69, 9.17) is 4.79 Å². The Morgan fingerprint density at radius 1 is 1.10 bits per heavy atom. The van der Waals surface area contributed by atoms with Crippen molar-refractivity contribution in [2.24, 2.45) is 0 Å². The lowest BCUT2D eigenvalue weighted by Crippen LogP contribution is -2.35. The first-order chi connectivity index (χ1) is 10.2. The van der Waals surface area contributed by atoms with Gasteiger partial charge in [0.05, 0.1) is 0 Å². The maximum absolute atomic E-state index is 8.81. The third kappa shape index (κ3) is 7.31. The summed E-state index contributed by atoms with van der Waals surface area (Å²) in [5.41, 5.74) is 2.85. The zero-order valence-electron chi connectivity index (χ0n) is 14.6. The van der Waals surface area contributed by atoms with Gasteiger partial charge in [-0.25, -0.2) is 0 Å². The number of benzene rings is 1. The SMILES string of the molecule is CC=O.CCCC(CCC)N(CC)c1cccc(CC)c1. The topological polar surface area (TPSA) is 20.3 Å². The van der Waals surface area contributed by atoms with Crippen LogP contribution in [0.1, 0.15) is 65.9 Å². The normalized spacial score (nSPS) is 10.0. The lowest BCUT2D eigenvalue weighted by molar-refractivity contribution is -0.106. The Labute approximate surface area is 131 Å². The predicted octanol–water partition coefficient (Wildman–Crippen LogP) is 5.25. The number of aryl methyl sites for hydroxylation is 1. The second-order valence-corrected chi connectivity index (χ2v) is 5.28. The van der Waals surface area contributed by atoms with Gasteiger partial charge in [-0.3, -0.25) is 0 Å². The second-order valence-electron chi connectivity index (χ2n) is 5.28. The molecule has 0 aliphatic rings. The molecular formula is C19H33NO. The largest absolute Gasteiger partial charge is 0.369 e. The summed E-state index contributed by atoms with van der Waals surface area (Å²) in [6.07, 6.45) is 7.02. The average molecular weight is 291 g/mol. The van der Waals surface area contributed by atoms with E-state index in [2.05, 4.69) is 56.9 Å². The molecule has 0 saturated carbocycles. The van der Waals surface area contributed by atoms with E-state index in [9.17, 15) is 0 Å². The fourth-order valence-corrected chi connectivity index (χ4v) is 2.73. The maximum Gasteiger partial charge on any atom is 0.116 e. The van der Waals surface area contributed by atoms with Crippen molar-refractivity contribution in [2.45, 2.75) is 72.8 Å². The van der Waals surface area contributed by atoms with Crippen LogP contribution >= 0.6 is 0 Å². The first-order valence-electron chi connectivity index (χ1n) is 8.43. The van der Waals surface area contributed by atoms with Crippen LogP contribution in [0, 0.1) is 0 Å². The number of hydrogen-bond acceptors (Lipinski definition) is 2. The summed E-state index contributed by atoms with van der Waals surface area (Å²) in [5.74, 6) is 0. The Balaban J connectivity index is 0.00000122. The van der Waals surface area contributed by atoms with Crippen LogP contribution in [0.25, 0.3) is 0 Å². The highest BCUT2D eigenvalue weighted by Crippen LogP contribution is 2.23. The predicted molar refractivity (Wildman–Crippen MR) is 94.2 cm³/mol. The fourth-order valence-electron chi connectivity index (χ4n) is 2.73. The van der Waals surface area contributed by atoms with Crippen molar-refractivity contribution < 1.29 is 4.79 Å². The quantitative estimate of drug-likeness (QED) is 0.610. The highest BCUT2D eigenvalue weighted by Gasteiger charge is 2.15. The standard InChI is InChI=1S/C17H29N.C2H4O/c1-5-10-16(11-6-2)18(8-4)17-13-9-12-15(7-3)14-17;1-2-3/h9,12-14,16H,5-8,10-11H2,1-4H3;2H,1H3. The minimum Gasteiger partial charge on any atom is -0.369 e. The van der Waals surface area contributed by atoms with Crippen molar-refractivity contribution in [1.82, 2.24) is 0 Å². The van der Waals surface area contributed by atoms with E-state index < -0.39 is 0 Å². The third-order valence-electron chi connectivity index (χ3n) is 3.68. The average Bonchev–Trinajstić information content (AvgIpc) is 2.49. The smallest absolute Gasteiger partial charge is 0.116 e. The van der Waals surface area contributed by atoms with Gasteiger partial charge in [-0.2, -0.15) is 0 Å². The lowest BCUT2D eigenvalue weighted by Gasteiger charge is -2.33. The van der Waals surface area contributed by atoms with E-state index in [1.165, 1.54) is 43.9 Å². The van der Waals surface area contributed by atoms with Crippen LogP contribution in [0.3, 0.4) is 0 Å². The molecule has 1 rings (SSSR count). The van der Waals surface area contributed by atoms with Crippen molar-refractivity contribution in [3.8, 4) is 0 Å². The van der Waals surface area contributed by atoms with Gasteiger partial charge >= 0.3 is 0 Å². The summed E-state index contributed by atoms with van der Waals surface area (Å²) >= 11 is 0. The Bertz CT molecular complexity index is 370. The molecule has 0 unspecified atom stereocenters. The number of carbonyl (C=O) groups is 1. The summed E-state index contributed by atoms with van der Waals surface area (Å²) in [4.78, 5) is 11.4. The van der Waals surface area contributed by atoms with Crippen LogP contribution in [0.2, 0.25) is 0 Å². The first-order valence-corrected chi connectivity index (χ1v) is 8.43. The lowest BCUT2D eigenvalue weighted by atomic mass is 10.0. The van der Waals surface area contributed by atoms with E-state index in [0.717, 1.165) is 19.3 Å². The van der Waals surface area contributed by atoms with Crippen LogP contribution in [0.5, 0.6) is 0 Å². The number of nitrogens with zero attached hydrogens (tertiary/aromatic N) is 1. The minimum absolute atomic E-state index is 0.706. The molecule has 2 heteroatoms. The number of rotatable bonds is 8. The first kappa shape index (κ1) is 19.7. The van der Waals surface area contributed by atoms with E-state index in [-0.39, 0.29) is 0 Å². The molecule has 0 saturated heterocycles. The van der Waals surface area contributed by atoms with Crippen LogP contribution in [0.15, 0.2) is 24.3 Å². The zero-order chi connectivity index (χ0) is 16.1. The van der Waals surface area contributed by atoms with E-state index in [1.807, 2.05) is 0 Å². The Morgan fingerprint density at radius 3 is 2.10 bits per heavy atom. The summed E-state index contributed by atoms with van der Waals surface area (Å²) in [6, 6.07) is 9.76. The monoisotopic (exact) mass is 291 g/mol. The van der Waals surface area contributed by atoms with Gasteiger partial charge in [-0.1, -0.05) is 45.7 Å². The molecule has 0 amide bonds. The number of aldehydes is 1. The van der Waals surface area contributed by atoms with Crippen LogP contribution in [-0.4, -0.2) is 18.9 Å². The van der Waals surface area contributed by atoms with Crippen molar-refractivity contribution in [3.63, 3.8) is 0 Å². The second kappa shape index (κ2) is 12.4. The molecule has 0 heterocycles. The molecule has 0 aliphatic carbocycles. The Morgan fingerprint density at radius 2 is 1.67 bits per heavy atom. The van der Waals surface area contributed by atoms with E-state index in [0.29, 0.717) is 6.04 Å². The number of carbonyl (C=O) groups excluding carboxylic acids is 1. The molecule has 0 radical (unpaired) electrons. The molecule has 0 fully saturated rings. The molecule has 2 nitrogen and oxygen atoms in total. The van der Waals surface area contributed by atoms with Crippen molar-refractivity contribution in [1.29, 1.82) is 0 Å². The number of anilines is 1. The molecule has 1 aromatic rings. The van der Waals surface area contributed by atoms with E-state index in [1.54, 1.807) is 0 Å². The fraction of sp³-hybridized carbons (Fsp3) is 0.632. The highest BCUT2D eigenvalue weighted by atomic mass is 16.1. The zero-order valence-corrected chi connectivity index (χ0v) is 14.6. The molecular weight excluding hydrogens is 258 g/mol. The van der Waals surface area contributed by atoms with Gasteiger partial charge < -0.3 is 9.69 Å². The van der Waals surface area contributed by atoms with Crippen LogP contribution in [-0.2, 0) is 11.2 Å². The summed E-state index contributed by atoms with van der Waals surface area (Å²) in [7, 11) is 0. The third-order valence-corrected chi connectivity index (χ3v) is 3.68. The van der Waals surface area contributed by atoms with E-state index >= 15 is 0 Å². The molecule has 120 valence electrons. The molecule has 0 aromatic heterocycles. The molecule has 1 aromatic carbocycles. The molecule has 0 spiro atoms. The van der Waals surface area contributed by atoms with Crippen molar-refractivity contribution in [3.05, 3.63) is 29.8 Å². The van der Waals surface area contributed by atoms with Gasteiger partial charge in [0, 0.05) is 18.3 Å². The van der Waals surface area contributed by atoms with Crippen molar-refractivity contribution in [2.75, 3.05) is 11.4 Å². The summed E-state index contributed by atoms with van der Waals surface area (Å²) < 4.78 is 0. The number of hydrogen-bond donors (Lipinski definition) is 0. The summed E-state index contributed by atoms with van der Waals surface area (Å²) in [6.45, 7) is 11.6. The minimum atomic E-state index is 0.706. The van der Waals surface area contributed by atoms with Crippen LogP contribution in [0.4, 0.5) is 5.69 Å². The molecule has 0 bridgehead atoms. The van der Waals surface area contributed by atoms with Gasteiger partial charge in [0.25, 0.3) is 0 Å². The highest BCUT2D eigenvalue weighted by molar-refractivity contribution is 5.49. The molecule has 21 heavy (non-hydrogen) atoms. The van der Waals surface area contributed by atoms with Gasteiger partial charge in [-0.05, 0) is 50.8 Å². The van der Waals surface area contributed by atoms with Gasteiger partial charge in [-0.15, -0.1) is 0 Å². The van der Waals surface area contributed by atoms with Gasteiger partial charge in [0.15, 0.2) is 0 Å². The van der Waals surface area contributed by atoms with Gasteiger partial charge in [0.1, 0.15) is 6.29 Å². The van der Waals surface area contributed by atoms with Gasteiger partial charge in [0.2, 0.25) is 0 Å². The maximum atomic E-state index is 8.81. The Hall–Kier alpha value is -1.31. The Kier molecular flexibility index (Phi) is 11.7. The molecule has 0 atom stereocenters. The van der Waals surface area contributed by atoms with Crippen LogP contribution < -0.4 is 4.90 Å². The molecule has 0 N–H and O–H groups in total.